The second kappa shape index (κ2) is 5.55. The van der Waals surface area contributed by atoms with Crippen LogP contribution in [0.3, 0.4) is 0 Å². The van der Waals surface area contributed by atoms with Crippen molar-refractivity contribution in [2.45, 2.75) is 19.9 Å². The number of carbonyl (C=O) groups excluding carboxylic acids is 2. The van der Waals surface area contributed by atoms with Gasteiger partial charge in [0.1, 0.15) is 5.02 Å². The van der Waals surface area contributed by atoms with Gasteiger partial charge in [0.05, 0.1) is 6.61 Å². The Labute approximate surface area is 127 Å². The predicted molar refractivity (Wildman–Crippen MR) is 75.5 cm³/mol. The van der Waals surface area contributed by atoms with Gasteiger partial charge < -0.3 is 14.5 Å². The molecule has 114 valence electrons. The Balaban J connectivity index is 1.74. The van der Waals surface area contributed by atoms with Crippen LogP contribution >= 0.6 is 11.6 Å². The van der Waals surface area contributed by atoms with Crippen LogP contribution in [0.2, 0.25) is 5.02 Å². The van der Waals surface area contributed by atoms with E-state index in [-0.39, 0.29) is 22.5 Å². The van der Waals surface area contributed by atoms with Crippen LogP contribution in [0, 0.1) is 0 Å². The molecular weight excluding hydrogens is 296 g/mol. The average molecular weight is 313 g/mol. The van der Waals surface area contributed by atoms with Gasteiger partial charge in [-0.3, -0.25) is 9.59 Å². The zero-order chi connectivity index (χ0) is 15.0. The minimum Gasteiger partial charge on any atom is -0.477 e. The molecule has 1 aromatic rings. The minimum absolute atomic E-state index is 0.0333. The lowest BCUT2D eigenvalue weighted by Gasteiger charge is -2.33. The molecule has 1 aromatic heterocycles. The van der Waals surface area contributed by atoms with E-state index in [2.05, 4.69) is 5.10 Å². The Hall–Kier alpha value is -1.76. The molecule has 0 aromatic carbocycles. The van der Waals surface area contributed by atoms with Gasteiger partial charge in [-0.15, -0.1) is 0 Å². The summed E-state index contributed by atoms with van der Waals surface area (Å²) >= 11 is 6.22. The second-order valence-corrected chi connectivity index (χ2v) is 5.57. The van der Waals surface area contributed by atoms with Crippen molar-refractivity contribution in [3.8, 4) is 5.88 Å². The Morgan fingerprint density at radius 3 is 2.43 bits per heavy atom. The van der Waals surface area contributed by atoms with Crippen LogP contribution in [0.15, 0.2) is 0 Å². The van der Waals surface area contributed by atoms with E-state index in [1.54, 1.807) is 14.5 Å². The maximum Gasteiger partial charge on any atom is 0.276 e. The molecule has 7 nitrogen and oxygen atoms in total. The molecule has 2 aliphatic rings. The summed E-state index contributed by atoms with van der Waals surface area (Å²) in [6.45, 7) is 4.92. The number of halogens is 1. The highest BCUT2D eigenvalue weighted by Gasteiger charge is 2.30. The molecule has 8 heteroatoms. The number of nitrogens with zero attached hydrogens (tertiary/aromatic N) is 4. The van der Waals surface area contributed by atoms with Gasteiger partial charge >= 0.3 is 0 Å². The Kier molecular flexibility index (Phi) is 3.75. The lowest BCUT2D eigenvalue weighted by atomic mass is 10.2. The predicted octanol–water partition coefficient (Wildman–Crippen LogP) is 0.623. The number of carbonyl (C=O) groups is 2. The maximum atomic E-state index is 12.5. The number of hydrogen-bond donors (Lipinski definition) is 0. The molecule has 2 aliphatic heterocycles. The maximum absolute atomic E-state index is 12.5. The van der Waals surface area contributed by atoms with Gasteiger partial charge in [0.2, 0.25) is 11.8 Å². The monoisotopic (exact) mass is 312 g/mol. The lowest BCUT2D eigenvalue weighted by molar-refractivity contribution is -0.130. The first-order chi connectivity index (χ1) is 10.1. The number of aryl methyl sites for hydroxylation is 1. The molecule has 0 spiro atoms. The van der Waals surface area contributed by atoms with Crippen molar-refractivity contribution in [1.29, 1.82) is 0 Å². The summed E-state index contributed by atoms with van der Waals surface area (Å²) in [5.74, 6) is 0.313. The number of fused-ring (bicyclic) bond motifs is 1. The van der Waals surface area contributed by atoms with Crippen LogP contribution in [0.1, 0.15) is 23.8 Å². The van der Waals surface area contributed by atoms with E-state index in [0.29, 0.717) is 45.2 Å². The fourth-order valence-corrected chi connectivity index (χ4v) is 2.88. The van der Waals surface area contributed by atoms with Gasteiger partial charge in [-0.25, -0.2) is 4.68 Å². The molecular formula is C13H17ClN4O3. The Morgan fingerprint density at radius 2 is 1.81 bits per heavy atom. The normalized spacial score (nSPS) is 18.2. The molecule has 1 saturated heterocycles. The van der Waals surface area contributed by atoms with Crippen LogP contribution < -0.4 is 4.74 Å². The molecule has 0 aliphatic carbocycles. The van der Waals surface area contributed by atoms with E-state index >= 15 is 0 Å². The van der Waals surface area contributed by atoms with E-state index in [0.717, 1.165) is 6.42 Å². The SMILES string of the molecule is CC(=O)N1CCN(C(=O)c2nn3c(c2Cl)OCCC3)CC1. The first-order valence-electron chi connectivity index (χ1n) is 7.02. The molecule has 3 heterocycles. The van der Waals surface area contributed by atoms with Gasteiger partial charge in [-0.2, -0.15) is 5.10 Å². The third-order valence-corrected chi connectivity index (χ3v) is 4.16. The first-order valence-corrected chi connectivity index (χ1v) is 7.39. The molecule has 0 radical (unpaired) electrons. The summed E-state index contributed by atoms with van der Waals surface area (Å²) in [6.07, 6.45) is 0.857. The molecule has 0 atom stereocenters. The van der Waals surface area contributed by atoms with Gasteiger partial charge in [0.25, 0.3) is 5.91 Å². The minimum atomic E-state index is -0.200. The van der Waals surface area contributed by atoms with Crippen LogP contribution in [-0.2, 0) is 11.3 Å². The fraction of sp³-hybridized carbons (Fsp3) is 0.615. The zero-order valence-corrected chi connectivity index (χ0v) is 12.6. The number of hydrogen-bond acceptors (Lipinski definition) is 4. The summed E-state index contributed by atoms with van der Waals surface area (Å²) in [4.78, 5) is 27.2. The first kappa shape index (κ1) is 14.2. The quantitative estimate of drug-likeness (QED) is 0.762. The van der Waals surface area contributed by atoms with Crippen molar-refractivity contribution < 1.29 is 14.3 Å². The van der Waals surface area contributed by atoms with Crippen LogP contribution in [0.25, 0.3) is 0 Å². The van der Waals surface area contributed by atoms with Gasteiger partial charge in [0, 0.05) is 46.1 Å². The van der Waals surface area contributed by atoms with Crippen molar-refractivity contribution in [2.75, 3.05) is 32.8 Å². The number of aromatic nitrogens is 2. The average Bonchev–Trinajstić information content (AvgIpc) is 2.84. The smallest absolute Gasteiger partial charge is 0.276 e. The van der Waals surface area contributed by atoms with Crippen molar-refractivity contribution in [1.82, 2.24) is 19.6 Å². The highest BCUT2D eigenvalue weighted by Crippen LogP contribution is 2.31. The van der Waals surface area contributed by atoms with Crippen LogP contribution in [-0.4, -0.2) is 64.2 Å². The molecule has 0 unspecified atom stereocenters. The second-order valence-electron chi connectivity index (χ2n) is 5.19. The molecule has 21 heavy (non-hydrogen) atoms. The zero-order valence-electron chi connectivity index (χ0n) is 11.8. The van der Waals surface area contributed by atoms with Crippen molar-refractivity contribution in [3.63, 3.8) is 0 Å². The van der Waals surface area contributed by atoms with Crippen molar-refractivity contribution in [2.24, 2.45) is 0 Å². The molecule has 2 amide bonds. The highest BCUT2D eigenvalue weighted by molar-refractivity contribution is 6.34. The van der Waals surface area contributed by atoms with Crippen molar-refractivity contribution >= 4 is 23.4 Å². The highest BCUT2D eigenvalue weighted by atomic mass is 35.5. The molecule has 3 rings (SSSR count). The summed E-state index contributed by atoms with van der Waals surface area (Å²) < 4.78 is 7.11. The summed E-state index contributed by atoms with van der Waals surface area (Å²) in [6, 6.07) is 0. The Morgan fingerprint density at radius 1 is 1.14 bits per heavy atom. The molecule has 0 saturated carbocycles. The van der Waals surface area contributed by atoms with E-state index in [1.165, 1.54) is 6.92 Å². The van der Waals surface area contributed by atoms with Gasteiger partial charge in [-0.05, 0) is 0 Å². The van der Waals surface area contributed by atoms with Gasteiger partial charge in [-0.1, -0.05) is 11.6 Å². The van der Waals surface area contributed by atoms with E-state index in [4.69, 9.17) is 16.3 Å². The fourth-order valence-electron chi connectivity index (χ4n) is 2.61. The molecule has 0 N–H and O–H groups in total. The third kappa shape index (κ3) is 2.57. The van der Waals surface area contributed by atoms with E-state index in [1.807, 2.05) is 0 Å². The molecule has 1 fully saturated rings. The number of rotatable bonds is 1. The van der Waals surface area contributed by atoms with E-state index in [9.17, 15) is 9.59 Å². The topological polar surface area (TPSA) is 67.7 Å². The third-order valence-electron chi connectivity index (χ3n) is 3.82. The Bertz CT molecular complexity index is 578. The standard InChI is InChI=1S/C13H17ClN4O3/c1-9(19)16-4-6-17(7-5-16)12(20)11-10(14)13-18(15-11)3-2-8-21-13/h2-8H2,1H3. The summed E-state index contributed by atoms with van der Waals surface area (Å²) in [5, 5.41) is 4.55. The number of piperazine rings is 1. The van der Waals surface area contributed by atoms with Crippen LogP contribution in [0.5, 0.6) is 5.88 Å². The molecule has 0 bridgehead atoms. The van der Waals surface area contributed by atoms with Crippen molar-refractivity contribution in [3.05, 3.63) is 10.7 Å². The summed E-state index contributed by atoms with van der Waals surface area (Å²) in [5.41, 5.74) is 0.241. The number of amides is 2. The largest absolute Gasteiger partial charge is 0.477 e. The van der Waals surface area contributed by atoms with Crippen LogP contribution in [0.4, 0.5) is 0 Å². The van der Waals surface area contributed by atoms with Gasteiger partial charge in [0.15, 0.2) is 5.69 Å². The van der Waals surface area contributed by atoms with E-state index < -0.39 is 0 Å². The number of ether oxygens (including phenoxy) is 1. The summed E-state index contributed by atoms with van der Waals surface area (Å²) in [7, 11) is 0. The lowest BCUT2D eigenvalue weighted by Crippen LogP contribution is -2.50.